The van der Waals surface area contributed by atoms with Crippen LogP contribution in [0.1, 0.15) is 10.4 Å². The number of hydrogen-bond acceptors (Lipinski definition) is 3. The molecule has 0 unspecified atom stereocenters. The normalized spacial score (nSPS) is 9.94. The lowest BCUT2D eigenvalue weighted by Crippen LogP contribution is -2.23. The van der Waals surface area contributed by atoms with Gasteiger partial charge in [-0.2, -0.15) is 0 Å². The molecule has 0 saturated heterocycles. The fraction of sp³-hybridized carbons (Fsp3) is 0. The summed E-state index contributed by atoms with van der Waals surface area (Å²) in [6, 6.07) is 13.6. The Morgan fingerprint density at radius 3 is 2.35 bits per heavy atom. The molecule has 0 bridgehead atoms. The van der Waals surface area contributed by atoms with Crippen molar-refractivity contribution in [3.63, 3.8) is 0 Å². The van der Waals surface area contributed by atoms with Crippen LogP contribution >= 0.6 is 11.6 Å². The number of benzene rings is 2. The van der Waals surface area contributed by atoms with Crippen LogP contribution in [0.5, 0.6) is 0 Å². The summed E-state index contributed by atoms with van der Waals surface area (Å²) in [5.74, 6) is -1.21. The summed E-state index contributed by atoms with van der Waals surface area (Å²) in [6.45, 7) is 0. The molecule has 0 saturated carbocycles. The Morgan fingerprint density at radius 1 is 1.06 bits per heavy atom. The van der Waals surface area contributed by atoms with E-state index in [0.29, 0.717) is 10.7 Å². The molecule has 0 amide bonds. The van der Waals surface area contributed by atoms with Crippen molar-refractivity contribution in [2.45, 2.75) is 0 Å². The van der Waals surface area contributed by atoms with Gasteiger partial charge in [0.05, 0.1) is 5.97 Å². The van der Waals surface area contributed by atoms with Gasteiger partial charge in [-0.25, -0.2) is 0 Å². The minimum Gasteiger partial charge on any atom is -0.545 e. The van der Waals surface area contributed by atoms with E-state index in [9.17, 15) is 9.90 Å². The Morgan fingerprint density at radius 2 is 1.71 bits per heavy atom. The number of halogens is 1. The Bertz CT molecular complexity index is 537. The van der Waals surface area contributed by atoms with E-state index >= 15 is 0 Å². The van der Waals surface area contributed by atoms with Gasteiger partial charge in [0.25, 0.3) is 0 Å². The van der Waals surface area contributed by atoms with Gasteiger partial charge in [-0.1, -0.05) is 29.8 Å². The minimum absolute atomic E-state index is 0.127. The molecule has 86 valence electrons. The van der Waals surface area contributed by atoms with Crippen molar-refractivity contribution < 1.29 is 9.90 Å². The van der Waals surface area contributed by atoms with Crippen LogP contribution < -0.4 is 10.4 Å². The van der Waals surface area contributed by atoms with E-state index in [-0.39, 0.29) is 5.56 Å². The number of carboxylic acid groups (broad SMARTS) is 1. The number of hydrogen-bond donors (Lipinski definition) is 1. The number of rotatable bonds is 3. The first-order chi connectivity index (χ1) is 8.16. The topological polar surface area (TPSA) is 52.2 Å². The number of carboxylic acids is 1. The van der Waals surface area contributed by atoms with Gasteiger partial charge in [-0.3, -0.25) is 0 Å². The Kier molecular flexibility index (Phi) is 3.30. The van der Waals surface area contributed by atoms with Gasteiger partial charge >= 0.3 is 0 Å². The van der Waals surface area contributed by atoms with Gasteiger partial charge in [-0.05, 0) is 30.3 Å². The van der Waals surface area contributed by atoms with E-state index in [4.69, 9.17) is 11.6 Å². The summed E-state index contributed by atoms with van der Waals surface area (Å²) in [6.07, 6.45) is 0. The fourth-order valence-electron chi connectivity index (χ4n) is 1.46. The molecule has 4 heteroatoms. The second-order valence-electron chi connectivity index (χ2n) is 3.46. The number of nitrogens with one attached hydrogen (secondary N) is 1. The fourth-order valence-corrected chi connectivity index (χ4v) is 1.58. The number of anilines is 2. The van der Waals surface area contributed by atoms with E-state index in [1.165, 1.54) is 6.07 Å². The molecule has 2 aromatic carbocycles. The summed E-state index contributed by atoms with van der Waals surface area (Å²) in [5.41, 5.74) is 1.39. The Labute approximate surface area is 104 Å². The molecule has 0 fully saturated rings. The lowest BCUT2D eigenvalue weighted by Gasteiger charge is -2.12. The van der Waals surface area contributed by atoms with Gasteiger partial charge in [0, 0.05) is 22.0 Å². The first kappa shape index (κ1) is 11.5. The highest BCUT2D eigenvalue weighted by atomic mass is 35.5. The summed E-state index contributed by atoms with van der Waals surface area (Å²) in [5, 5.41) is 14.5. The molecule has 0 aliphatic carbocycles. The van der Waals surface area contributed by atoms with Crippen LogP contribution in [-0.2, 0) is 0 Å². The van der Waals surface area contributed by atoms with Crippen molar-refractivity contribution in [2.24, 2.45) is 0 Å². The predicted molar refractivity (Wildman–Crippen MR) is 65.5 cm³/mol. The standard InChI is InChI=1S/C13H10ClNO2/c14-9-5-7-10(8-6-9)15-12-4-2-1-3-11(12)13(16)17/h1-8,15H,(H,16,17)/p-1. The van der Waals surface area contributed by atoms with Gasteiger partial charge in [-0.15, -0.1) is 0 Å². The minimum atomic E-state index is -1.21. The van der Waals surface area contributed by atoms with Crippen LogP contribution in [0.25, 0.3) is 0 Å². The SMILES string of the molecule is O=C([O-])c1ccccc1Nc1ccc(Cl)cc1. The zero-order chi connectivity index (χ0) is 12.3. The van der Waals surface area contributed by atoms with E-state index in [0.717, 1.165) is 5.69 Å². The molecule has 1 N–H and O–H groups in total. The molecular weight excluding hydrogens is 238 g/mol. The van der Waals surface area contributed by atoms with Gasteiger partial charge < -0.3 is 15.2 Å². The van der Waals surface area contributed by atoms with E-state index < -0.39 is 5.97 Å². The highest BCUT2D eigenvalue weighted by molar-refractivity contribution is 6.30. The van der Waals surface area contributed by atoms with Crippen LogP contribution in [-0.4, -0.2) is 5.97 Å². The number of para-hydroxylation sites is 1. The smallest absolute Gasteiger partial charge is 0.0736 e. The molecule has 0 radical (unpaired) electrons. The molecule has 0 spiro atoms. The van der Waals surface area contributed by atoms with Crippen molar-refractivity contribution in [1.82, 2.24) is 0 Å². The first-order valence-electron chi connectivity index (χ1n) is 5.00. The quantitative estimate of drug-likeness (QED) is 0.905. The first-order valence-corrected chi connectivity index (χ1v) is 5.37. The third kappa shape index (κ3) is 2.77. The van der Waals surface area contributed by atoms with Crippen molar-refractivity contribution >= 4 is 28.9 Å². The van der Waals surface area contributed by atoms with Crippen molar-refractivity contribution in [2.75, 3.05) is 5.32 Å². The monoisotopic (exact) mass is 246 g/mol. The number of carbonyl (C=O) groups excluding carboxylic acids is 1. The number of carbonyl (C=O) groups is 1. The van der Waals surface area contributed by atoms with E-state index in [1.54, 1.807) is 42.5 Å². The molecule has 2 rings (SSSR count). The predicted octanol–water partition coefficient (Wildman–Crippen LogP) is 2.45. The van der Waals surface area contributed by atoms with Crippen molar-refractivity contribution in [1.29, 1.82) is 0 Å². The van der Waals surface area contributed by atoms with Crippen LogP contribution in [0.4, 0.5) is 11.4 Å². The van der Waals surface area contributed by atoms with Crippen LogP contribution in [0.15, 0.2) is 48.5 Å². The largest absolute Gasteiger partial charge is 0.545 e. The maximum atomic E-state index is 10.9. The third-order valence-electron chi connectivity index (χ3n) is 2.27. The lowest BCUT2D eigenvalue weighted by molar-refractivity contribution is -0.254. The summed E-state index contributed by atoms with van der Waals surface area (Å²) in [7, 11) is 0. The molecular formula is C13H9ClNO2-. The second kappa shape index (κ2) is 4.89. The van der Waals surface area contributed by atoms with Crippen LogP contribution in [0, 0.1) is 0 Å². The lowest BCUT2D eigenvalue weighted by atomic mass is 10.1. The third-order valence-corrected chi connectivity index (χ3v) is 2.52. The second-order valence-corrected chi connectivity index (χ2v) is 3.90. The zero-order valence-electron chi connectivity index (χ0n) is 8.81. The average Bonchev–Trinajstić information content (AvgIpc) is 2.32. The highest BCUT2D eigenvalue weighted by Gasteiger charge is 2.02. The van der Waals surface area contributed by atoms with Crippen molar-refractivity contribution in [3.05, 3.63) is 59.1 Å². The summed E-state index contributed by atoms with van der Waals surface area (Å²) < 4.78 is 0. The van der Waals surface area contributed by atoms with Crippen molar-refractivity contribution in [3.8, 4) is 0 Å². The molecule has 0 heterocycles. The molecule has 0 atom stereocenters. The van der Waals surface area contributed by atoms with Crippen LogP contribution in [0.3, 0.4) is 0 Å². The molecule has 17 heavy (non-hydrogen) atoms. The molecule has 0 aliphatic heterocycles. The van der Waals surface area contributed by atoms with Crippen LogP contribution in [0.2, 0.25) is 5.02 Å². The maximum absolute atomic E-state index is 10.9. The molecule has 3 nitrogen and oxygen atoms in total. The van der Waals surface area contributed by atoms with E-state index in [1.807, 2.05) is 0 Å². The van der Waals surface area contributed by atoms with E-state index in [2.05, 4.69) is 5.32 Å². The summed E-state index contributed by atoms with van der Waals surface area (Å²) >= 11 is 5.76. The maximum Gasteiger partial charge on any atom is 0.0736 e. The molecule has 2 aromatic rings. The Hall–Kier alpha value is -2.00. The van der Waals surface area contributed by atoms with Gasteiger partial charge in [0.15, 0.2) is 0 Å². The summed E-state index contributed by atoms with van der Waals surface area (Å²) in [4.78, 5) is 10.9. The van der Waals surface area contributed by atoms with Gasteiger partial charge in [0.1, 0.15) is 0 Å². The average molecular weight is 247 g/mol. The highest BCUT2D eigenvalue weighted by Crippen LogP contribution is 2.21. The molecule has 0 aliphatic rings. The number of aromatic carboxylic acids is 1. The Balaban J connectivity index is 2.30. The zero-order valence-corrected chi connectivity index (χ0v) is 9.57. The van der Waals surface area contributed by atoms with Gasteiger partial charge in [0.2, 0.25) is 0 Å². The molecule has 0 aromatic heterocycles.